The summed E-state index contributed by atoms with van der Waals surface area (Å²) in [6.45, 7) is 0. The normalized spacial score (nSPS) is 9.57. The van der Waals surface area contributed by atoms with Crippen molar-refractivity contribution in [3.63, 3.8) is 0 Å². The zero-order chi connectivity index (χ0) is 10.1. The van der Waals surface area contributed by atoms with Crippen LogP contribution in [0, 0.1) is 22.7 Å². The van der Waals surface area contributed by atoms with Crippen LogP contribution >= 0.6 is 11.3 Å². The maximum atomic E-state index is 9.32. The average molecular weight is 200 g/mol. The van der Waals surface area contributed by atoms with E-state index in [2.05, 4.69) is 0 Å². The Labute approximate surface area is 84.1 Å². The molecule has 66 valence electrons. The number of hydrogen-bond donors (Lipinski definition) is 1. The Morgan fingerprint density at radius 1 is 1.14 bits per heavy atom. The third-order valence-electron chi connectivity index (χ3n) is 1.90. The average Bonchev–Trinajstić information content (AvgIpc) is 2.59. The standard InChI is InChI=1S/C10H4N2OS/c11-3-6-1-8(13)2-9-7(4-12)5-14-10(6)9/h1-2,5,13H. The van der Waals surface area contributed by atoms with E-state index >= 15 is 0 Å². The number of rotatable bonds is 0. The van der Waals surface area contributed by atoms with Gasteiger partial charge >= 0.3 is 0 Å². The maximum absolute atomic E-state index is 9.32. The van der Waals surface area contributed by atoms with Crippen LogP contribution in [-0.2, 0) is 0 Å². The third-order valence-corrected chi connectivity index (χ3v) is 2.93. The number of thiophene rings is 1. The lowest BCUT2D eigenvalue weighted by Crippen LogP contribution is -1.76. The summed E-state index contributed by atoms with van der Waals surface area (Å²) < 4.78 is 0.752. The van der Waals surface area contributed by atoms with Gasteiger partial charge in [0, 0.05) is 10.8 Å². The van der Waals surface area contributed by atoms with Crippen molar-refractivity contribution in [3.8, 4) is 17.9 Å². The van der Waals surface area contributed by atoms with Crippen LogP contribution in [0.5, 0.6) is 5.75 Å². The lowest BCUT2D eigenvalue weighted by atomic mass is 10.1. The first-order chi connectivity index (χ1) is 6.76. The highest BCUT2D eigenvalue weighted by Gasteiger charge is 2.09. The number of benzene rings is 1. The fourth-order valence-electron chi connectivity index (χ4n) is 1.29. The second-order valence-electron chi connectivity index (χ2n) is 2.74. The monoisotopic (exact) mass is 200 g/mol. The van der Waals surface area contributed by atoms with E-state index in [1.807, 2.05) is 12.1 Å². The molecule has 0 fully saturated rings. The van der Waals surface area contributed by atoms with E-state index < -0.39 is 0 Å². The molecule has 0 aliphatic carbocycles. The Hall–Kier alpha value is -2.04. The van der Waals surface area contributed by atoms with E-state index in [0.29, 0.717) is 16.5 Å². The summed E-state index contributed by atoms with van der Waals surface area (Å²) in [4.78, 5) is 0. The molecule has 2 rings (SSSR count). The van der Waals surface area contributed by atoms with Gasteiger partial charge in [-0.2, -0.15) is 10.5 Å². The summed E-state index contributed by atoms with van der Waals surface area (Å²) >= 11 is 1.34. The molecule has 1 heterocycles. The van der Waals surface area contributed by atoms with Gasteiger partial charge in [0.1, 0.15) is 17.9 Å². The molecule has 0 bridgehead atoms. The van der Waals surface area contributed by atoms with E-state index in [1.165, 1.54) is 23.5 Å². The van der Waals surface area contributed by atoms with Gasteiger partial charge < -0.3 is 5.11 Å². The molecular formula is C10H4N2OS. The molecule has 0 spiro atoms. The molecule has 1 aromatic heterocycles. The highest BCUT2D eigenvalue weighted by Crippen LogP contribution is 2.31. The molecule has 0 atom stereocenters. The molecular weight excluding hydrogens is 196 g/mol. The van der Waals surface area contributed by atoms with Crippen molar-refractivity contribution in [2.75, 3.05) is 0 Å². The van der Waals surface area contributed by atoms with Gasteiger partial charge in [-0.15, -0.1) is 11.3 Å². The minimum atomic E-state index is 0.0175. The zero-order valence-corrected chi connectivity index (χ0v) is 7.80. The van der Waals surface area contributed by atoms with E-state index in [0.717, 1.165) is 4.70 Å². The number of fused-ring (bicyclic) bond motifs is 1. The van der Waals surface area contributed by atoms with Crippen molar-refractivity contribution in [1.82, 2.24) is 0 Å². The first-order valence-electron chi connectivity index (χ1n) is 3.80. The number of phenolic OH excluding ortho intramolecular Hbond substituents is 1. The summed E-state index contributed by atoms with van der Waals surface area (Å²) in [5.41, 5.74) is 0.906. The molecule has 0 amide bonds. The van der Waals surface area contributed by atoms with E-state index in [-0.39, 0.29) is 5.75 Å². The molecule has 0 saturated heterocycles. The second-order valence-corrected chi connectivity index (χ2v) is 3.62. The first kappa shape index (κ1) is 8.55. The Morgan fingerprint density at radius 2 is 1.86 bits per heavy atom. The van der Waals surface area contributed by atoms with Gasteiger partial charge in [-0.1, -0.05) is 0 Å². The predicted molar refractivity (Wildman–Crippen MR) is 52.9 cm³/mol. The van der Waals surface area contributed by atoms with Crippen LogP contribution in [0.4, 0.5) is 0 Å². The van der Waals surface area contributed by atoms with Crippen molar-refractivity contribution < 1.29 is 5.11 Å². The van der Waals surface area contributed by atoms with Crippen LogP contribution in [0.2, 0.25) is 0 Å². The Morgan fingerprint density at radius 3 is 2.50 bits per heavy atom. The topological polar surface area (TPSA) is 67.8 Å². The molecule has 1 aromatic carbocycles. The van der Waals surface area contributed by atoms with Gasteiger partial charge in [-0.3, -0.25) is 0 Å². The zero-order valence-electron chi connectivity index (χ0n) is 6.98. The lowest BCUT2D eigenvalue weighted by Gasteiger charge is -1.95. The first-order valence-corrected chi connectivity index (χ1v) is 4.68. The van der Waals surface area contributed by atoms with Crippen LogP contribution in [0.15, 0.2) is 17.5 Å². The number of aromatic hydroxyl groups is 1. The Balaban J connectivity index is 2.94. The highest BCUT2D eigenvalue weighted by atomic mass is 32.1. The summed E-state index contributed by atoms with van der Waals surface area (Å²) in [6, 6.07) is 6.92. The molecule has 4 heteroatoms. The summed E-state index contributed by atoms with van der Waals surface area (Å²) in [5.74, 6) is 0.0175. The van der Waals surface area contributed by atoms with Crippen LogP contribution in [0.25, 0.3) is 10.1 Å². The Bertz CT molecular complexity index is 586. The molecule has 0 saturated carbocycles. The second kappa shape index (κ2) is 3.02. The van der Waals surface area contributed by atoms with Gasteiger partial charge in [-0.05, 0) is 12.1 Å². The van der Waals surface area contributed by atoms with Crippen molar-refractivity contribution in [1.29, 1.82) is 10.5 Å². The van der Waals surface area contributed by atoms with E-state index in [9.17, 15) is 5.11 Å². The van der Waals surface area contributed by atoms with Crippen LogP contribution < -0.4 is 0 Å². The SMILES string of the molecule is N#Cc1csc2c(C#N)cc(O)cc12. The predicted octanol–water partition coefficient (Wildman–Crippen LogP) is 2.35. The van der Waals surface area contributed by atoms with Crippen molar-refractivity contribution in [2.45, 2.75) is 0 Å². The highest BCUT2D eigenvalue weighted by molar-refractivity contribution is 7.17. The van der Waals surface area contributed by atoms with Crippen LogP contribution in [-0.4, -0.2) is 5.11 Å². The van der Waals surface area contributed by atoms with Gasteiger partial charge in [0.15, 0.2) is 0 Å². The smallest absolute Gasteiger partial charge is 0.117 e. The molecule has 0 unspecified atom stereocenters. The molecule has 1 N–H and O–H groups in total. The van der Waals surface area contributed by atoms with Gasteiger partial charge in [0.2, 0.25) is 0 Å². The summed E-state index contributed by atoms with van der Waals surface area (Å²) in [5, 5.41) is 29.2. The minimum Gasteiger partial charge on any atom is -0.508 e. The summed E-state index contributed by atoms with van der Waals surface area (Å²) in [7, 11) is 0. The number of phenols is 1. The fraction of sp³-hybridized carbons (Fsp3) is 0. The quantitative estimate of drug-likeness (QED) is 0.709. The van der Waals surface area contributed by atoms with Crippen molar-refractivity contribution in [3.05, 3.63) is 28.6 Å². The lowest BCUT2D eigenvalue weighted by molar-refractivity contribution is 0.476. The van der Waals surface area contributed by atoms with E-state index in [4.69, 9.17) is 10.5 Å². The van der Waals surface area contributed by atoms with Crippen LogP contribution in [0.3, 0.4) is 0 Å². The Kier molecular flexibility index (Phi) is 1.85. The number of hydrogen-bond acceptors (Lipinski definition) is 4. The molecule has 0 aliphatic rings. The van der Waals surface area contributed by atoms with Gasteiger partial charge in [-0.25, -0.2) is 0 Å². The van der Waals surface area contributed by atoms with Crippen LogP contribution in [0.1, 0.15) is 11.1 Å². The number of nitriles is 2. The van der Waals surface area contributed by atoms with E-state index in [1.54, 1.807) is 5.38 Å². The van der Waals surface area contributed by atoms with Gasteiger partial charge in [0.25, 0.3) is 0 Å². The molecule has 14 heavy (non-hydrogen) atoms. The molecule has 0 aliphatic heterocycles. The minimum absolute atomic E-state index is 0.0175. The molecule has 3 nitrogen and oxygen atoms in total. The molecule has 2 aromatic rings. The van der Waals surface area contributed by atoms with Gasteiger partial charge in [0.05, 0.1) is 15.8 Å². The maximum Gasteiger partial charge on any atom is 0.117 e. The van der Waals surface area contributed by atoms with Crippen molar-refractivity contribution in [2.24, 2.45) is 0 Å². The largest absolute Gasteiger partial charge is 0.508 e. The third kappa shape index (κ3) is 1.10. The summed E-state index contributed by atoms with van der Waals surface area (Å²) in [6.07, 6.45) is 0. The van der Waals surface area contributed by atoms with Crippen molar-refractivity contribution >= 4 is 21.4 Å². The number of nitrogens with zero attached hydrogens (tertiary/aromatic N) is 2. The fourth-order valence-corrected chi connectivity index (χ4v) is 2.23. The molecule has 0 radical (unpaired) electrons.